The Balaban J connectivity index is 2.75. The molecule has 0 unspecified atom stereocenters. The fourth-order valence-corrected chi connectivity index (χ4v) is 2.36. The van der Waals surface area contributed by atoms with Crippen LogP contribution in [0.15, 0.2) is 36.4 Å². The number of carboxylic acid groups (broad SMARTS) is 1. The Morgan fingerprint density at radius 1 is 1.17 bits per heavy atom. The molecule has 2 rings (SSSR count). The zero-order valence-electron chi connectivity index (χ0n) is 9.54. The van der Waals surface area contributed by atoms with Gasteiger partial charge in [-0.15, -0.1) is 0 Å². The van der Waals surface area contributed by atoms with Crippen molar-refractivity contribution < 1.29 is 18.3 Å². The summed E-state index contributed by atoms with van der Waals surface area (Å²) >= 11 is 0. The molecule has 0 aliphatic heterocycles. The van der Waals surface area contributed by atoms with E-state index in [1.165, 1.54) is 6.07 Å². The molecule has 2 aromatic rings. The van der Waals surface area contributed by atoms with Crippen LogP contribution in [0, 0.1) is 0 Å². The first-order chi connectivity index (χ1) is 8.38. The van der Waals surface area contributed by atoms with Crippen molar-refractivity contribution in [3.05, 3.63) is 42.0 Å². The number of carbonyl (C=O) groups is 1. The SMILES string of the molecule is CS(=O)(=O)Nc1ccc2ccccc2c1C(=O)O. The van der Waals surface area contributed by atoms with E-state index in [1.807, 2.05) is 0 Å². The predicted molar refractivity (Wildman–Crippen MR) is 69.4 cm³/mol. The molecule has 5 nitrogen and oxygen atoms in total. The molecule has 0 heterocycles. The van der Waals surface area contributed by atoms with Crippen LogP contribution in [0.5, 0.6) is 0 Å². The Labute approximate surface area is 104 Å². The molecule has 0 spiro atoms. The van der Waals surface area contributed by atoms with Gasteiger partial charge in [0.25, 0.3) is 0 Å². The molecule has 0 aromatic heterocycles. The molecule has 6 heteroatoms. The summed E-state index contributed by atoms with van der Waals surface area (Å²) in [6.45, 7) is 0. The number of rotatable bonds is 3. The lowest BCUT2D eigenvalue weighted by molar-refractivity contribution is 0.0700. The van der Waals surface area contributed by atoms with Gasteiger partial charge in [-0.3, -0.25) is 4.72 Å². The first-order valence-electron chi connectivity index (χ1n) is 5.11. The van der Waals surface area contributed by atoms with Crippen LogP contribution in [0.1, 0.15) is 10.4 Å². The molecule has 0 saturated heterocycles. The molecule has 0 fully saturated rings. The van der Waals surface area contributed by atoms with Gasteiger partial charge in [0, 0.05) is 0 Å². The summed E-state index contributed by atoms with van der Waals surface area (Å²) < 4.78 is 24.6. The van der Waals surface area contributed by atoms with Crippen molar-refractivity contribution in [3.8, 4) is 0 Å². The fourth-order valence-electron chi connectivity index (χ4n) is 1.79. The minimum absolute atomic E-state index is 0.0430. The number of carboxylic acids is 1. The summed E-state index contributed by atoms with van der Waals surface area (Å²) in [5.74, 6) is -1.17. The molecule has 0 atom stereocenters. The monoisotopic (exact) mass is 265 g/mol. The van der Waals surface area contributed by atoms with Crippen LogP contribution in [-0.2, 0) is 10.0 Å². The normalized spacial score (nSPS) is 11.4. The van der Waals surface area contributed by atoms with Crippen LogP contribution >= 0.6 is 0 Å². The molecule has 2 N–H and O–H groups in total. The van der Waals surface area contributed by atoms with E-state index in [0.717, 1.165) is 11.6 Å². The first-order valence-corrected chi connectivity index (χ1v) is 7.00. The van der Waals surface area contributed by atoms with Gasteiger partial charge in [-0.05, 0) is 16.8 Å². The standard InChI is InChI=1S/C12H11NO4S/c1-18(16,17)13-10-7-6-8-4-2-3-5-9(8)11(10)12(14)15/h2-7,13H,1H3,(H,14,15). The molecule has 0 amide bonds. The van der Waals surface area contributed by atoms with Crippen molar-refractivity contribution in [2.45, 2.75) is 0 Å². The summed E-state index contributed by atoms with van der Waals surface area (Å²) in [5, 5.41) is 10.5. The highest BCUT2D eigenvalue weighted by Gasteiger charge is 2.16. The quantitative estimate of drug-likeness (QED) is 0.888. The third-order valence-corrected chi connectivity index (χ3v) is 3.03. The second-order valence-corrected chi connectivity index (χ2v) is 5.64. The molecule has 0 bridgehead atoms. The summed E-state index contributed by atoms with van der Waals surface area (Å²) in [6.07, 6.45) is 0.980. The molecule has 94 valence electrons. The van der Waals surface area contributed by atoms with Crippen molar-refractivity contribution in [2.24, 2.45) is 0 Å². The number of anilines is 1. The average molecular weight is 265 g/mol. The second-order valence-electron chi connectivity index (χ2n) is 3.89. The van der Waals surface area contributed by atoms with Crippen LogP contribution in [0.25, 0.3) is 10.8 Å². The summed E-state index contributed by atoms with van der Waals surface area (Å²) in [6, 6.07) is 10.0. The first kappa shape index (κ1) is 12.4. The van der Waals surface area contributed by atoms with Crippen molar-refractivity contribution >= 4 is 32.5 Å². The summed E-state index contributed by atoms with van der Waals surface area (Å²) in [7, 11) is -3.52. The number of hydrogen-bond acceptors (Lipinski definition) is 3. The predicted octanol–water partition coefficient (Wildman–Crippen LogP) is 1.91. The fraction of sp³-hybridized carbons (Fsp3) is 0.0833. The van der Waals surface area contributed by atoms with E-state index in [4.69, 9.17) is 0 Å². The van der Waals surface area contributed by atoms with E-state index >= 15 is 0 Å². The largest absolute Gasteiger partial charge is 0.478 e. The van der Waals surface area contributed by atoms with Crippen LogP contribution in [0.2, 0.25) is 0 Å². The van der Waals surface area contributed by atoms with Crippen LogP contribution < -0.4 is 4.72 Å². The summed E-state index contributed by atoms with van der Waals surface area (Å²) in [4.78, 5) is 11.3. The highest BCUT2D eigenvalue weighted by molar-refractivity contribution is 7.92. The Hall–Kier alpha value is -2.08. The average Bonchev–Trinajstić information content (AvgIpc) is 2.26. The smallest absolute Gasteiger partial charge is 0.338 e. The minimum Gasteiger partial charge on any atom is -0.478 e. The maximum Gasteiger partial charge on any atom is 0.338 e. The second kappa shape index (κ2) is 4.30. The lowest BCUT2D eigenvalue weighted by atomic mass is 10.0. The molecular weight excluding hydrogens is 254 g/mol. The van der Waals surface area contributed by atoms with Crippen molar-refractivity contribution in [1.29, 1.82) is 0 Å². The van der Waals surface area contributed by atoms with Crippen molar-refractivity contribution in [2.75, 3.05) is 11.0 Å². The van der Waals surface area contributed by atoms with Gasteiger partial charge in [0.05, 0.1) is 17.5 Å². The Morgan fingerprint density at radius 2 is 1.83 bits per heavy atom. The molecule has 2 aromatic carbocycles. The maximum atomic E-state index is 11.3. The highest BCUT2D eigenvalue weighted by atomic mass is 32.2. The number of sulfonamides is 1. The third kappa shape index (κ3) is 2.43. The summed E-state index contributed by atoms with van der Waals surface area (Å²) in [5.41, 5.74) is 0.0298. The number of fused-ring (bicyclic) bond motifs is 1. The zero-order valence-corrected chi connectivity index (χ0v) is 10.4. The topological polar surface area (TPSA) is 83.5 Å². The molecule has 0 aliphatic rings. The van der Waals surface area contributed by atoms with Crippen molar-refractivity contribution in [3.63, 3.8) is 0 Å². The van der Waals surface area contributed by atoms with E-state index < -0.39 is 16.0 Å². The van der Waals surface area contributed by atoms with E-state index in [9.17, 15) is 18.3 Å². The lowest BCUT2D eigenvalue weighted by Crippen LogP contribution is -2.13. The Bertz CT molecular complexity index is 722. The molecule has 18 heavy (non-hydrogen) atoms. The maximum absolute atomic E-state index is 11.3. The van der Waals surface area contributed by atoms with E-state index in [0.29, 0.717) is 5.39 Å². The van der Waals surface area contributed by atoms with Crippen LogP contribution in [-0.4, -0.2) is 25.7 Å². The van der Waals surface area contributed by atoms with Crippen LogP contribution in [0.4, 0.5) is 5.69 Å². The van der Waals surface area contributed by atoms with E-state index in [2.05, 4.69) is 4.72 Å². The molecule has 0 saturated carbocycles. The van der Waals surface area contributed by atoms with Gasteiger partial charge in [0.2, 0.25) is 10.0 Å². The minimum atomic E-state index is -3.52. The Morgan fingerprint density at radius 3 is 2.44 bits per heavy atom. The van der Waals surface area contributed by atoms with Gasteiger partial charge in [0.15, 0.2) is 0 Å². The van der Waals surface area contributed by atoms with Gasteiger partial charge in [0.1, 0.15) is 0 Å². The van der Waals surface area contributed by atoms with Gasteiger partial charge in [-0.1, -0.05) is 30.3 Å². The van der Waals surface area contributed by atoms with Gasteiger partial charge < -0.3 is 5.11 Å². The zero-order chi connectivity index (χ0) is 13.3. The number of aromatic carboxylic acids is 1. The lowest BCUT2D eigenvalue weighted by Gasteiger charge is -2.10. The van der Waals surface area contributed by atoms with Crippen molar-refractivity contribution in [1.82, 2.24) is 0 Å². The Kier molecular flexibility index (Phi) is 2.96. The van der Waals surface area contributed by atoms with E-state index in [1.54, 1.807) is 30.3 Å². The molecule has 0 radical (unpaired) electrons. The third-order valence-electron chi connectivity index (χ3n) is 2.44. The van der Waals surface area contributed by atoms with E-state index in [-0.39, 0.29) is 11.3 Å². The van der Waals surface area contributed by atoms with Gasteiger partial charge >= 0.3 is 5.97 Å². The molecule has 0 aliphatic carbocycles. The van der Waals surface area contributed by atoms with Gasteiger partial charge in [-0.2, -0.15) is 0 Å². The van der Waals surface area contributed by atoms with Crippen LogP contribution in [0.3, 0.4) is 0 Å². The number of benzene rings is 2. The molecular formula is C12H11NO4S. The highest BCUT2D eigenvalue weighted by Crippen LogP contribution is 2.26. The van der Waals surface area contributed by atoms with Gasteiger partial charge in [-0.25, -0.2) is 13.2 Å². The number of nitrogens with one attached hydrogen (secondary N) is 1. The number of hydrogen-bond donors (Lipinski definition) is 2.